The highest BCUT2D eigenvalue weighted by atomic mass is 35.5. The van der Waals surface area contributed by atoms with Gasteiger partial charge in [-0.2, -0.15) is 0 Å². The molecule has 7 heteroatoms. The monoisotopic (exact) mass is 259 g/mol. The number of nitrogen functional groups attached to an aromatic ring is 1. The Balaban J connectivity index is 2.95. The van der Waals surface area contributed by atoms with Gasteiger partial charge in [0.1, 0.15) is 5.15 Å². The molecule has 0 radical (unpaired) electrons. The van der Waals surface area contributed by atoms with Crippen LogP contribution in [-0.2, 0) is 0 Å². The summed E-state index contributed by atoms with van der Waals surface area (Å²) in [5.41, 5.74) is 6.05. The number of hydrogen-bond acceptors (Lipinski definition) is 5. The van der Waals surface area contributed by atoms with Gasteiger partial charge < -0.3 is 20.8 Å². The van der Waals surface area contributed by atoms with E-state index in [1.807, 2.05) is 0 Å². The number of rotatable bonds is 5. The first kappa shape index (κ1) is 13.7. The van der Waals surface area contributed by atoms with E-state index in [1.54, 1.807) is 0 Å². The fourth-order valence-electron chi connectivity index (χ4n) is 1.35. The van der Waals surface area contributed by atoms with Gasteiger partial charge in [0.05, 0.1) is 30.7 Å². The van der Waals surface area contributed by atoms with Crippen LogP contribution in [0.1, 0.15) is 10.4 Å². The molecule has 0 unspecified atom stereocenters. The number of pyridine rings is 1. The van der Waals surface area contributed by atoms with Crippen LogP contribution in [-0.4, -0.2) is 52.3 Å². The molecule has 0 aliphatic heterocycles. The second-order valence-corrected chi connectivity index (χ2v) is 3.72. The number of carbonyl (C=O) groups excluding carboxylic acids is 1. The van der Waals surface area contributed by atoms with E-state index in [9.17, 15) is 4.79 Å². The fraction of sp³-hybridized carbons (Fsp3) is 0.400. The van der Waals surface area contributed by atoms with Crippen molar-refractivity contribution in [3.8, 4) is 0 Å². The van der Waals surface area contributed by atoms with Crippen molar-refractivity contribution in [3.63, 3.8) is 0 Å². The first-order valence-electron chi connectivity index (χ1n) is 5.02. The van der Waals surface area contributed by atoms with E-state index < -0.39 is 5.91 Å². The largest absolute Gasteiger partial charge is 0.397 e. The summed E-state index contributed by atoms with van der Waals surface area (Å²) in [5.74, 6) is -0.394. The average molecular weight is 260 g/mol. The Morgan fingerprint density at radius 1 is 1.41 bits per heavy atom. The molecule has 1 aromatic rings. The fourth-order valence-corrected chi connectivity index (χ4v) is 1.51. The molecule has 0 fully saturated rings. The molecule has 0 atom stereocenters. The molecule has 4 N–H and O–H groups in total. The van der Waals surface area contributed by atoms with Gasteiger partial charge in [-0.05, 0) is 6.07 Å². The molecule has 0 saturated carbocycles. The first-order chi connectivity index (χ1) is 8.10. The molecule has 94 valence electrons. The van der Waals surface area contributed by atoms with Crippen LogP contribution >= 0.6 is 11.6 Å². The maximum absolute atomic E-state index is 12.0. The van der Waals surface area contributed by atoms with Gasteiger partial charge in [0, 0.05) is 13.1 Å². The predicted octanol–water partition coefficient (Wildman–Crippen LogP) is -0.256. The van der Waals surface area contributed by atoms with E-state index in [1.165, 1.54) is 17.2 Å². The van der Waals surface area contributed by atoms with Crippen molar-refractivity contribution in [1.82, 2.24) is 9.88 Å². The number of halogens is 1. The van der Waals surface area contributed by atoms with E-state index in [-0.39, 0.29) is 42.7 Å². The number of amides is 1. The third kappa shape index (κ3) is 3.55. The van der Waals surface area contributed by atoms with Gasteiger partial charge in [-0.25, -0.2) is 4.98 Å². The van der Waals surface area contributed by atoms with Crippen molar-refractivity contribution >= 4 is 23.2 Å². The lowest BCUT2D eigenvalue weighted by molar-refractivity contribution is 0.0686. The lowest BCUT2D eigenvalue weighted by Gasteiger charge is -2.21. The smallest absolute Gasteiger partial charge is 0.256 e. The van der Waals surface area contributed by atoms with Gasteiger partial charge in [0.2, 0.25) is 0 Å². The van der Waals surface area contributed by atoms with Gasteiger partial charge >= 0.3 is 0 Å². The molecule has 0 aliphatic carbocycles. The number of nitrogens with two attached hydrogens (primary N) is 1. The van der Waals surface area contributed by atoms with Gasteiger partial charge in [0.25, 0.3) is 5.91 Å². The molecule has 0 aliphatic rings. The van der Waals surface area contributed by atoms with Crippen molar-refractivity contribution in [2.45, 2.75) is 0 Å². The van der Waals surface area contributed by atoms with E-state index in [0.29, 0.717) is 0 Å². The molecule has 1 amide bonds. The summed E-state index contributed by atoms with van der Waals surface area (Å²) < 4.78 is 0. The first-order valence-corrected chi connectivity index (χ1v) is 5.40. The Morgan fingerprint density at radius 3 is 2.53 bits per heavy atom. The third-order valence-corrected chi connectivity index (χ3v) is 2.37. The highest BCUT2D eigenvalue weighted by Crippen LogP contribution is 2.16. The summed E-state index contributed by atoms with van der Waals surface area (Å²) in [7, 11) is 0. The highest BCUT2D eigenvalue weighted by molar-refractivity contribution is 6.29. The summed E-state index contributed by atoms with van der Waals surface area (Å²) in [5, 5.41) is 17.8. The average Bonchev–Trinajstić information content (AvgIpc) is 2.31. The summed E-state index contributed by atoms with van der Waals surface area (Å²) in [6.07, 6.45) is 1.30. The zero-order valence-corrected chi connectivity index (χ0v) is 9.89. The SMILES string of the molecule is Nc1cnc(Cl)cc1C(=O)N(CCO)CCO. The minimum atomic E-state index is -0.394. The van der Waals surface area contributed by atoms with E-state index in [4.69, 9.17) is 27.5 Å². The topological polar surface area (TPSA) is 99.7 Å². The molecule has 1 heterocycles. The van der Waals surface area contributed by atoms with Gasteiger partial charge in [0.15, 0.2) is 0 Å². The second kappa shape index (κ2) is 6.39. The minimum absolute atomic E-state index is 0.124. The molecular weight excluding hydrogens is 246 g/mol. The second-order valence-electron chi connectivity index (χ2n) is 3.33. The van der Waals surface area contributed by atoms with Crippen LogP contribution in [0.2, 0.25) is 5.15 Å². The lowest BCUT2D eigenvalue weighted by Crippen LogP contribution is -2.36. The molecule has 6 nitrogen and oxygen atoms in total. The van der Waals surface area contributed by atoms with Crippen molar-refractivity contribution in [2.24, 2.45) is 0 Å². The molecule has 1 rings (SSSR count). The number of aliphatic hydroxyl groups excluding tert-OH is 2. The summed E-state index contributed by atoms with van der Waals surface area (Å²) in [6, 6.07) is 1.36. The zero-order valence-electron chi connectivity index (χ0n) is 9.14. The third-order valence-electron chi connectivity index (χ3n) is 2.16. The quantitative estimate of drug-likeness (QED) is 0.633. The van der Waals surface area contributed by atoms with Crippen molar-refractivity contribution in [3.05, 3.63) is 23.0 Å². The van der Waals surface area contributed by atoms with Crippen LogP contribution in [0.5, 0.6) is 0 Å². The molecule has 1 aromatic heterocycles. The Labute approximate surface area is 104 Å². The van der Waals surface area contributed by atoms with Gasteiger partial charge in [-0.1, -0.05) is 11.6 Å². The number of hydrogen-bond donors (Lipinski definition) is 3. The Morgan fingerprint density at radius 2 is 2.00 bits per heavy atom. The highest BCUT2D eigenvalue weighted by Gasteiger charge is 2.18. The van der Waals surface area contributed by atoms with Crippen LogP contribution in [0.3, 0.4) is 0 Å². The molecular formula is C10H14ClN3O3. The van der Waals surface area contributed by atoms with Crippen LogP contribution in [0.15, 0.2) is 12.3 Å². The van der Waals surface area contributed by atoms with Crippen molar-refractivity contribution < 1.29 is 15.0 Å². The lowest BCUT2D eigenvalue weighted by atomic mass is 10.2. The molecule has 0 aromatic carbocycles. The normalized spacial score (nSPS) is 10.3. The Bertz CT molecular complexity index is 394. The molecule has 17 heavy (non-hydrogen) atoms. The summed E-state index contributed by atoms with van der Waals surface area (Å²) >= 11 is 5.68. The van der Waals surface area contributed by atoms with E-state index in [2.05, 4.69) is 4.98 Å². The molecule has 0 spiro atoms. The maximum atomic E-state index is 12.0. The minimum Gasteiger partial charge on any atom is -0.397 e. The summed E-state index contributed by atoms with van der Waals surface area (Å²) in [6.45, 7) is -0.132. The van der Waals surface area contributed by atoms with Gasteiger partial charge in [-0.15, -0.1) is 0 Å². The Hall–Kier alpha value is -1.37. The number of anilines is 1. The number of aliphatic hydroxyl groups is 2. The van der Waals surface area contributed by atoms with Gasteiger partial charge in [-0.3, -0.25) is 4.79 Å². The Kier molecular flexibility index (Phi) is 5.14. The number of carbonyl (C=O) groups is 1. The molecule has 0 saturated heterocycles. The van der Waals surface area contributed by atoms with Crippen LogP contribution < -0.4 is 5.73 Å². The molecule has 0 bridgehead atoms. The van der Waals surface area contributed by atoms with E-state index >= 15 is 0 Å². The number of aromatic nitrogens is 1. The number of nitrogens with zero attached hydrogens (tertiary/aromatic N) is 2. The van der Waals surface area contributed by atoms with Crippen LogP contribution in [0.4, 0.5) is 5.69 Å². The van der Waals surface area contributed by atoms with Crippen molar-refractivity contribution in [2.75, 3.05) is 32.0 Å². The predicted molar refractivity (Wildman–Crippen MR) is 63.7 cm³/mol. The van der Waals surface area contributed by atoms with Crippen LogP contribution in [0.25, 0.3) is 0 Å². The van der Waals surface area contributed by atoms with E-state index in [0.717, 1.165) is 0 Å². The standard InChI is InChI=1S/C10H14ClN3O3/c11-9-5-7(8(12)6-13-9)10(17)14(1-3-15)2-4-16/h5-6,15-16H,1-4,12H2. The summed E-state index contributed by atoms with van der Waals surface area (Å²) in [4.78, 5) is 17.1. The maximum Gasteiger partial charge on any atom is 0.256 e. The van der Waals surface area contributed by atoms with Crippen LogP contribution in [0, 0.1) is 0 Å². The zero-order chi connectivity index (χ0) is 12.8. The van der Waals surface area contributed by atoms with Crippen molar-refractivity contribution in [1.29, 1.82) is 0 Å².